The van der Waals surface area contributed by atoms with Crippen LogP contribution in [0.2, 0.25) is 5.02 Å². The third-order valence-corrected chi connectivity index (χ3v) is 4.81. The third-order valence-electron chi connectivity index (χ3n) is 4.50. The Balaban J connectivity index is 2.08. The molecule has 0 bridgehead atoms. The van der Waals surface area contributed by atoms with E-state index in [0.29, 0.717) is 22.5 Å². The van der Waals surface area contributed by atoms with Gasteiger partial charge in [-0.05, 0) is 43.2 Å². The van der Waals surface area contributed by atoms with Gasteiger partial charge in [-0.2, -0.15) is 28.8 Å². The van der Waals surface area contributed by atoms with Crippen molar-refractivity contribution in [2.45, 2.75) is 26.6 Å². The van der Waals surface area contributed by atoms with Gasteiger partial charge in [0.25, 0.3) is 0 Å². The summed E-state index contributed by atoms with van der Waals surface area (Å²) in [6, 6.07) is 9.97. The van der Waals surface area contributed by atoms with Gasteiger partial charge in [0, 0.05) is 11.3 Å². The van der Waals surface area contributed by atoms with E-state index in [1.165, 1.54) is 0 Å². The number of nitrogens with zero attached hydrogens (tertiary/aromatic N) is 4. The van der Waals surface area contributed by atoms with E-state index in [9.17, 15) is 18.4 Å². The van der Waals surface area contributed by atoms with E-state index >= 15 is 0 Å². The van der Waals surface area contributed by atoms with Crippen LogP contribution in [-0.2, 0) is 12.7 Å². The zero-order valence-corrected chi connectivity index (χ0v) is 15.6. The van der Waals surface area contributed by atoms with Crippen LogP contribution in [0.1, 0.15) is 33.9 Å². The van der Waals surface area contributed by atoms with Crippen LogP contribution in [-0.4, -0.2) is 14.8 Å². The Morgan fingerprint density at radius 3 is 2.43 bits per heavy atom. The molecular formula is C19H13ClF3N5. The van der Waals surface area contributed by atoms with Crippen molar-refractivity contribution < 1.29 is 13.2 Å². The molecule has 0 saturated carbocycles. The predicted molar refractivity (Wildman–Crippen MR) is 96.5 cm³/mol. The van der Waals surface area contributed by atoms with E-state index in [1.807, 2.05) is 6.07 Å². The van der Waals surface area contributed by atoms with Gasteiger partial charge in [-0.25, -0.2) is 0 Å². The van der Waals surface area contributed by atoms with Gasteiger partial charge in [0.2, 0.25) is 0 Å². The first-order chi connectivity index (χ1) is 13.2. The smallest absolute Gasteiger partial charge is 0.330 e. The van der Waals surface area contributed by atoms with Crippen LogP contribution in [0.5, 0.6) is 0 Å². The van der Waals surface area contributed by atoms with Crippen molar-refractivity contribution >= 4 is 11.6 Å². The van der Waals surface area contributed by atoms with Crippen LogP contribution >= 0.6 is 11.6 Å². The molecule has 2 heterocycles. The number of halogens is 4. The molecule has 0 unspecified atom stereocenters. The first kappa shape index (κ1) is 19.5. The maximum Gasteiger partial charge on any atom is 0.435 e. The molecule has 9 heteroatoms. The standard InChI is InChI=1S/C19H13ClF3N5/c1-10-16(8-25)28(9-14-6-17(27-26-14)19(21,22)23)11(2)18(10)12-3-4-13(7-24)15(20)5-12/h3-6H,9H2,1-2H3,(H,26,27). The molecule has 0 aliphatic rings. The van der Waals surface area contributed by atoms with Crippen molar-refractivity contribution in [3.8, 4) is 23.3 Å². The lowest BCUT2D eigenvalue weighted by molar-refractivity contribution is -0.141. The molecule has 0 spiro atoms. The van der Waals surface area contributed by atoms with Gasteiger partial charge in [-0.15, -0.1) is 0 Å². The summed E-state index contributed by atoms with van der Waals surface area (Å²) in [7, 11) is 0. The molecule has 0 atom stereocenters. The quantitative estimate of drug-likeness (QED) is 0.671. The molecule has 5 nitrogen and oxygen atoms in total. The van der Waals surface area contributed by atoms with Gasteiger partial charge in [-0.1, -0.05) is 17.7 Å². The number of nitriles is 2. The lowest BCUT2D eigenvalue weighted by Gasteiger charge is -2.08. The first-order valence-electron chi connectivity index (χ1n) is 8.08. The van der Waals surface area contributed by atoms with Crippen LogP contribution < -0.4 is 0 Å². The highest BCUT2D eigenvalue weighted by molar-refractivity contribution is 6.32. The molecule has 0 radical (unpaired) electrons. The minimum Gasteiger partial charge on any atom is -0.330 e. The van der Waals surface area contributed by atoms with Gasteiger partial charge in [0.15, 0.2) is 5.69 Å². The summed E-state index contributed by atoms with van der Waals surface area (Å²) in [6.07, 6.45) is -4.54. The van der Waals surface area contributed by atoms with Crippen LogP contribution in [0.25, 0.3) is 11.1 Å². The van der Waals surface area contributed by atoms with Crippen molar-refractivity contribution in [1.29, 1.82) is 10.5 Å². The normalized spacial score (nSPS) is 11.3. The third kappa shape index (κ3) is 3.35. The number of alkyl halides is 3. The summed E-state index contributed by atoms with van der Waals surface area (Å²) in [5.41, 5.74) is 2.71. The van der Waals surface area contributed by atoms with E-state index in [1.54, 1.807) is 36.6 Å². The Labute approximate surface area is 163 Å². The van der Waals surface area contributed by atoms with E-state index in [4.69, 9.17) is 16.9 Å². The molecule has 1 aromatic carbocycles. The second-order valence-electron chi connectivity index (χ2n) is 6.21. The largest absolute Gasteiger partial charge is 0.435 e. The topological polar surface area (TPSA) is 81.2 Å². The van der Waals surface area contributed by atoms with E-state index in [0.717, 1.165) is 17.2 Å². The molecule has 0 aliphatic heterocycles. The summed E-state index contributed by atoms with van der Waals surface area (Å²) in [5.74, 6) is 0. The molecular weight excluding hydrogens is 391 g/mol. The lowest BCUT2D eigenvalue weighted by Crippen LogP contribution is -2.06. The summed E-state index contributed by atoms with van der Waals surface area (Å²) >= 11 is 6.13. The second-order valence-corrected chi connectivity index (χ2v) is 6.62. The predicted octanol–water partition coefficient (Wildman–Crippen LogP) is 4.96. The number of hydrogen-bond acceptors (Lipinski definition) is 3. The number of H-pyrrole nitrogens is 1. The van der Waals surface area contributed by atoms with Gasteiger partial charge in [0.05, 0.1) is 22.8 Å². The average molecular weight is 404 g/mol. The Kier molecular flexibility index (Phi) is 4.93. The van der Waals surface area contributed by atoms with E-state index in [2.05, 4.69) is 16.3 Å². The number of aromatic amines is 1. The summed E-state index contributed by atoms with van der Waals surface area (Å²) in [4.78, 5) is 0. The van der Waals surface area contributed by atoms with Crippen LogP contribution in [0.15, 0.2) is 24.3 Å². The monoisotopic (exact) mass is 403 g/mol. The average Bonchev–Trinajstić information content (AvgIpc) is 3.19. The molecule has 3 aromatic rings. The zero-order chi connectivity index (χ0) is 20.6. The number of nitrogens with one attached hydrogen (secondary N) is 1. The molecule has 28 heavy (non-hydrogen) atoms. The van der Waals surface area contributed by atoms with Crippen molar-refractivity contribution in [2.24, 2.45) is 0 Å². The number of aromatic nitrogens is 3. The van der Waals surface area contributed by atoms with E-state index < -0.39 is 11.9 Å². The van der Waals surface area contributed by atoms with Crippen LogP contribution in [0.3, 0.4) is 0 Å². The molecule has 0 fully saturated rings. The number of hydrogen-bond donors (Lipinski definition) is 1. The fraction of sp³-hybridized carbons (Fsp3) is 0.211. The van der Waals surface area contributed by atoms with Crippen molar-refractivity contribution in [3.05, 3.63) is 63.2 Å². The Morgan fingerprint density at radius 2 is 1.89 bits per heavy atom. The van der Waals surface area contributed by atoms with E-state index in [-0.39, 0.29) is 17.3 Å². The first-order valence-corrected chi connectivity index (χ1v) is 8.46. The maximum atomic E-state index is 12.8. The molecule has 2 aromatic heterocycles. The second kappa shape index (κ2) is 7.06. The van der Waals surface area contributed by atoms with Crippen molar-refractivity contribution in [1.82, 2.24) is 14.8 Å². The van der Waals surface area contributed by atoms with Crippen molar-refractivity contribution in [3.63, 3.8) is 0 Å². The van der Waals surface area contributed by atoms with Crippen LogP contribution in [0, 0.1) is 36.5 Å². The zero-order valence-electron chi connectivity index (χ0n) is 14.8. The highest BCUT2D eigenvalue weighted by Gasteiger charge is 2.34. The van der Waals surface area contributed by atoms with Gasteiger partial charge in [-0.3, -0.25) is 5.10 Å². The lowest BCUT2D eigenvalue weighted by atomic mass is 10.0. The minimum absolute atomic E-state index is 0.0304. The summed E-state index contributed by atoms with van der Waals surface area (Å²) < 4.78 is 40.0. The SMILES string of the molecule is Cc1c(-c2ccc(C#N)c(Cl)c2)c(C)n(Cc2cc(C(F)(F)F)n[nH]2)c1C#N. The Morgan fingerprint density at radius 1 is 1.18 bits per heavy atom. The van der Waals surface area contributed by atoms with Gasteiger partial charge in [0.1, 0.15) is 17.8 Å². The summed E-state index contributed by atoms with van der Waals surface area (Å²) in [6.45, 7) is 3.57. The number of benzene rings is 1. The fourth-order valence-electron chi connectivity index (χ4n) is 3.18. The maximum absolute atomic E-state index is 12.8. The number of rotatable bonds is 3. The van der Waals surface area contributed by atoms with Gasteiger partial charge < -0.3 is 4.57 Å². The highest BCUT2D eigenvalue weighted by atomic mass is 35.5. The molecule has 3 rings (SSSR count). The van der Waals surface area contributed by atoms with Crippen LogP contribution in [0.4, 0.5) is 13.2 Å². The highest BCUT2D eigenvalue weighted by Crippen LogP contribution is 2.35. The van der Waals surface area contributed by atoms with Gasteiger partial charge >= 0.3 is 6.18 Å². The molecule has 1 N–H and O–H groups in total. The molecule has 142 valence electrons. The minimum atomic E-state index is -4.54. The molecule has 0 amide bonds. The fourth-order valence-corrected chi connectivity index (χ4v) is 3.40. The van der Waals surface area contributed by atoms with Crippen molar-refractivity contribution in [2.75, 3.05) is 0 Å². The Hall–Kier alpha value is -3.23. The molecule has 0 saturated heterocycles. The summed E-state index contributed by atoms with van der Waals surface area (Å²) in [5, 5.41) is 24.6. The molecule has 0 aliphatic carbocycles. The Bertz CT molecular complexity index is 1140.